The van der Waals surface area contributed by atoms with Crippen LogP contribution in [0.25, 0.3) is 0 Å². The average Bonchev–Trinajstić information content (AvgIpc) is 1.37. The Kier molecular flexibility index (Phi) is 2.73. The summed E-state index contributed by atoms with van der Waals surface area (Å²) in [5, 5.41) is 8.89. The summed E-state index contributed by atoms with van der Waals surface area (Å²) >= 11 is 2.57. The molecule has 0 unspecified atom stereocenters. The van der Waals surface area contributed by atoms with E-state index in [4.69, 9.17) is 5.11 Å². The Morgan fingerprint density at radius 3 is 2.00 bits per heavy atom. The maximum absolute atomic E-state index is 8.89. The smallest absolute Gasteiger partial charge is 0.184 e. The number of halogens is 1. The van der Waals surface area contributed by atoms with Crippen LogP contribution >= 0.6 is 15.9 Å². The van der Waals surface area contributed by atoms with Crippen molar-refractivity contribution in [1.82, 2.24) is 0 Å². The average molecular weight is 120 g/mol. The van der Waals surface area contributed by atoms with Crippen molar-refractivity contribution in [3.05, 3.63) is 0 Å². The SMILES string of the molecule is [O]C#CBr. The fourth-order valence-corrected chi connectivity index (χ4v) is 0. The van der Waals surface area contributed by atoms with Crippen molar-refractivity contribution in [2.24, 2.45) is 0 Å². The molecule has 0 bridgehead atoms. The maximum Gasteiger partial charge on any atom is 0.184 e. The third-order valence-corrected chi connectivity index (χ3v) is 0.200. The van der Waals surface area contributed by atoms with Crippen molar-refractivity contribution in [3.63, 3.8) is 0 Å². The quantitative estimate of drug-likeness (QED) is 0.420. The fraction of sp³-hybridized carbons (Fsp3) is 0. The molecule has 0 aliphatic carbocycles. The zero-order valence-corrected chi connectivity index (χ0v) is 3.37. The van der Waals surface area contributed by atoms with Crippen LogP contribution in [0.3, 0.4) is 0 Å². The minimum atomic E-state index is 1.35. The molecule has 0 aliphatic rings. The highest BCUT2D eigenvalue weighted by molar-refractivity contribution is 9.12. The van der Waals surface area contributed by atoms with E-state index in [9.17, 15) is 0 Å². The summed E-state index contributed by atoms with van der Waals surface area (Å²) < 4.78 is 0. The fourth-order valence-electron chi connectivity index (χ4n) is 0. The van der Waals surface area contributed by atoms with Gasteiger partial charge < -0.3 is 0 Å². The normalized spacial score (nSPS) is 3.25. The van der Waals surface area contributed by atoms with Crippen LogP contribution in [-0.2, 0) is 5.11 Å². The largest absolute Gasteiger partial charge is 0.223 e. The molecule has 0 saturated carbocycles. The predicted octanol–water partition coefficient (Wildman–Crippen LogP) is 0.730. The molecule has 1 nitrogen and oxygen atoms in total. The Hall–Kier alpha value is -0.160. The van der Waals surface area contributed by atoms with Gasteiger partial charge in [0.05, 0.1) is 0 Å². The van der Waals surface area contributed by atoms with E-state index in [1.54, 1.807) is 0 Å². The van der Waals surface area contributed by atoms with Gasteiger partial charge in [0, 0.05) is 20.8 Å². The van der Waals surface area contributed by atoms with Crippen molar-refractivity contribution in [2.45, 2.75) is 0 Å². The van der Waals surface area contributed by atoms with Crippen LogP contribution in [0.2, 0.25) is 0 Å². The van der Waals surface area contributed by atoms with Crippen LogP contribution < -0.4 is 0 Å². The Morgan fingerprint density at radius 1 is 1.75 bits per heavy atom. The van der Waals surface area contributed by atoms with E-state index in [1.807, 2.05) is 4.83 Å². The summed E-state index contributed by atoms with van der Waals surface area (Å²) in [6.07, 6.45) is 1.35. The molecule has 1 radical (unpaired) electrons. The van der Waals surface area contributed by atoms with Crippen molar-refractivity contribution in [3.8, 4) is 10.9 Å². The Balaban J connectivity index is 2.83. The van der Waals surface area contributed by atoms with Crippen molar-refractivity contribution in [2.75, 3.05) is 0 Å². The minimum Gasteiger partial charge on any atom is -0.223 e. The van der Waals surface area contributed by atoms with E-state index < -0.39 is 0 Å². The van der Waals surface area contributed by atoms with Gasteiger partial charge >= 0.3 is 0 Å². The molecular formula is C2BrO. The van der Waals surface area contributed by atoms with E-state index in [2.05, 4.69) is 15.9 Å². The predicted molar refractivity (Wildman–Crippen MR) is 17.4 cm³/mol. The molecule has 0 rings (SSSR count). The van der Waals surface area contributed by atoms with Gasteiger partial charge in [0.15, 0.2) is 6.11 Å². The van der Waals surface area contributed by atoms with Crippen LogP contribution in [0.5, 0.6) is 0 Å². The van der Waals surface area contributed by atoms with Gasteiger partial charge in [-0.15, -0.1) is 0 Å². The van der Waals surface area contributed by atoms with Gasteiger partial charge in [-0.2, -0.15) is 0 Å². The highest BCUT2D eigenvalue weighted by Gasteiger charge is 1.37. The van der Waals surface area contributed by atoms with Crippen LogP contribution in [0, 0.1) is 10.9 Å². The lowest BCUT2D eigenvalue weighted by atomic mass is 11.3. The molecule has 0 aromatic rings. The van der Waals surface area contributed by atoms with Crippen molar-refractivity contribution >= 4 is 15.9 Å². The minimum absolute atomic E-state index is 1.35. The third kappa shape index (κ3) is 1.84. The molecule has 0 N–H and O–H groups in total. The summed E-state index contributed by atoms with van der Waals surface area (Å²) in [5.74, 6) is 0. The maximum atomic E-state index is 8.89. The van der Waals surface area contributed by atoms with Gasteiger partial charge in [-0.3, -0.25) is 0 Å². The summed E-state index contributed by atoms with van der Waals surface area (Å²) in [6, 6.07) is 0. The van der Waals surface area contributed by atoms with Gasteiger partial charge in [0.1, 0.15) is 0 Å². The molecule has 0 fully saturated rings. The third-order valence-electron chi connectivity index (χ3n) is 0.0386. The molecule has 0 aromatic heterocycles. The van der Waals surface area contributed by atoms with Gasteiger partial charge in [0.2, 0.25) is 0 Å². The highest BCUT2D eigenvalue weighted by Crippen LogP contribution is 1.62. The molecule has 0 atom stereocenters. The molecule has 21 valence electrons. The second-order valence-electron chi connectivity index (χ2n) is 0.197. The van der Waals surface area contributed by atoms with Crippen LogP contribution in [0.15, 0.2) is 0 Å². The number of rotatable bonds is 0. The van der Waals surface area contributed by atoms with Crippen LogP contribution in [-0.4, -0.2) is 0 Å². The zero-order valence-electron chi connectivity index (χ0n) is 1.79. The lowest BCUT2D eigenvalue weighted by Gasteiger charge is -1.31. The Morgan fingerprint density at radius 2 is 2.00 bits per heavy atom. The lowest BCUT2D eigenvalue weighted by molar-refractivity contribution is 0.392. The Bertz CT molecular complexity index is 42.8. The first-order valence-electron chi connectivity index (χ1n) is 0.643. The molecule has 0 heterocycles. The van der Waals surface area contributed by atoms with Gasteiger partial charge in [-0.25, -0.2) is 5.11 Å². The monoisotopic (exact) mass is 119 g/mol. The van der Waals surface area contributed by atoms with E-state index in [0.29, 0.717) is 0 Å². The summed E-state index contributed by atoms with van der Waals surface area (Å²) in [5.41, 5.74) is 0. The van der Waals surface area contributed by atoms with Crippen molar-refractivity contribution < 1.29 is 5.11 Å². The van der Waals surface area contributed by atoms with Gasteiger partial charge in [0.25, 0.3) is 0 Å². The summed E-state index contributed by atoms with van der Waals surface area (Å²) in [7, 11) is 0. The van der Waals surface area contributed by atoms with E-state index in [1.165, 1.54) is 6.11 Å². The molecule has 0 aromatic carbocycles. The second-order valence-corrected chi connectivity index (χ2v) is 0.593. The molecule has 0 spiro atoms. The van der Waals surface area contributed by atoms with Crippen LogP contribution in [0.4, 0.5) is 0 Å². The molecular weight excluding hydrogens is 120 g/mol. The first kappa shape index (κ1) is 3.84. The summed E-state index contributed by atoms with van der Waals surface area (Å²) in [4.78, 5) is 1.94. The van der Waals surface area contributed by atoms with Gasteiger partial charge in [-0.1, -0.05) is 0 Å². The topological polar surface area (TPSA) is 19.9 Å². The molecule has 2 heteroatoms. The first-order valence-corrected chi connectivity index (χ1v) is 1.44. The van der Waals surface area contributed by atoms with E-state index in [0.717, 1.165) is 0 Å². The van der Waals surface area contributed by atoms with E-state index in [-0.39, 0.29) is 0 Å². The number of hydrogen-bond donors (Lipinski definition) is 0. The number of hydrogen-bond acceptors (Lipinski definition) is 0. The van der Waals surface area contributed by atoms with Crippen molar-refractivity contribution in [1.29, 1.82) is 0 Å². The zero-order chi connectivity index (χ0) is 3.41. The van der Waals surface area contributed by atoms with Crippen LogP contribution in [0.1, 0.15) is 0 Å². The van der Waals surface area contributed by atoms with E-state index >= 15 is 0 Å². The standard InChI is InChI=1S/C2BrO/c3-1-2-4. The molecule has 0 aliphatic heterocycles. The summed E-state index contributed by atoms with van der Waals surface area (Å²) in [6.45, 7) is 0. The molecule has 0 saturated heterocycles. The van der Waals surface area contributed by atoms with Gasteiger partial charge in [-0.05, 0) is 0 Å². The highest BCUT2D eigenvalue weighted by atomic mass is 79.9. The lowest BCUT2D eigenvalue weighted by Crippen LogP contribution is -1.28. The Labute approximate surface area is 32.8 Å². The second kappa shape index (κ2) is 2.84. The first-order chi connectivity index (χ1) is 1.91. The molecule has 4 heavy (non-hydrogen) atoms. The molecule has 0 amide bonds.